The maximum absolute atomic E-state index is 7.16. The van der Waals surface area contributed by atoms with Gasteiger partial charge in [0.05, 0.1) is 5.41 Å². The molecule has 2 nitrogen and oxygen atoms in total. The molecule has 0 unspecified atom stereocenters. The molecule has 0 amide bonds. The second kappa shape index (κ2) is 12.0. The summed E-state index contributed by atoms with van der Waals surface area (Å²) in [5, 5.41) is 0.918. The topological polar surface area (TPSA) is 6.25 Å². The lowest BCUT2D eigenvalue weighted by molar-refractivity contribution is -0.437. The molecule has 2 aliphatic heterocycles. The zero-order valence-electron chi connectivity index (χ0n) is 25.3. The maximum atomic E-state index is 7.16. The van der Waals surface area contributed by atoms with E-state index >= 15 is 0 Å². The first kappa shape index (κ1) is 30.6. The monoisotopic (exact) mass is 695 g/mol. The molecule has 0 spiro atoms. The summed E-state index contributed by atoms with van der Waals surface area (Å²) in [6.07, 6.45) is 14.6. The zero-order chi connectivity index (χ0) is 29.5. The average molecular weight is 698 g/mol. The van der Waals surface area contributed by atoms with E-state index in [4.69, 9.17) is 11.6 Å². The van der Waals surface area contributed by atoms with Crippen LogP contribution in [0, 0.1) is 0 Å². The van der Waals surface area contributed by atoms with Crippen molar-refractivity contribution in [3.63, 3.8) is 0 Å². The van der Waals surface area contributed by atoms with Gasteiger partial charge in [-0.15, -0.1) is 0 Å². The molecule has 0 N–H and O–H groups in total. The van der Waals surface area contributed by atoms with Gasteiger partial charge < -0.3 is 4.90 Å². The minimum atomic E-state index is -0.0730. The first-order chi connectivity index (χ1) is 19.5. The van der Waals surface area contributed by atoms with Gasteiger partial charge in [-0.25, -0.2) is 0 Å². The van der Waals surface area contributed by atoms with Gasteiger partial charge in [0.15, 0.2) is 5.71 Å². The molecule has 0 fully saturated rings. The predicted octanol–water partition coefficient (Wildman–Crippen LogP) is 11.2. The van der Waals surface area contributed by atoms with Crippen LogP contribution in [-0.2, 0) is 10.8 Å². The van der Waals surface area contributed by atoms with Gasteiger partial charge in [-0.05, 0) is 92.6 Å². The van der Waals surface area contributed by atoms with Crippen LogP contribution in [0.1, 0.15) is 84.8 Å². The highest BCUT2D eigenvalue weighted by atomic mass is 79.9. The third kappa shape index (κ3) is 5.61. The van der Waals surface area contributed by atoms with E-state index in [9.17, 15) is 0 Å². The predicted molar refractivity (Wildman–Crippen MR) is 184 cm³/mol. The standard InChI is InChI=1S/C36H42Br2ClN2/c1-7-20-40-30-16-14-26(37)22-28(30)35(3,4)32(40)18-12-24-10-9-11-25(34(24)39)13-19-33-36(5,6)29-23-27(38)15-17-31(29)41(33)21-8-2/h12-19,22-23H,7-11,20-21H2,1-6H3/q+1. The lowest BCUT2D eigenvalue weighted by Gasteiger charge is -2.27. The van der Waals surface area contributed by atoms with Gasteiger partial charge in [-0.3, -0.25) is 0 Å². The Morgan fingerprint density at radius 1 is 0.878 bits per heavy atom. The highest BCUT2D eigenvalue weighted by Crippen LogP contribution is 2.49. The Labute approximate surface area is 268 Å². The van der Waals surface area contributed by atoms with Crippen molar-refractivity contribution in [3.8, 4) is 0 Å². The van der Waals surface area contributed by atoms with Crippen molar-refractivity contribution in [1.29, 1.82) is 0 Å². The smallest absolute Gasteiger partial charge is 0.209 e. The van der Waals surface area contributed by atoms with E-state index < -0.39 is 0 Å². The fraction of sp³-hybridized carbons (Fsp3) is 0.417. The summed E-state index contributed by atoms with van der Waals surface area (Å²) >= 11 is 14.5. The molecule has 0 aromatic heterocycles. The highest BCUT2D eigenvalue weighted by molar-refractivity contribution is 9.10. The first-order valence-electron chi connectivity index (χ1n) is 15.0. The van der Waals surface area contributed by atoms with Crippen LogP contribution in [-0.4, -0.2) is 23.4 Å². The molecule has 41 heavy (non-hydrogen) atoms. The van der Waals surface area contributed by atoms with Crippen LogP contribution < -0.4 is 4.90 Å². The minimum absolute atomic E-state index is 0.0730. The summed E-state index contributed by atoms with van der Waals surface area (Å²) in [5.74, 6) is 0. The molecule has 216 valence electrons. The molecule has 0 saturated carbocycles. The molecule has 1 aliphatic carbocycles. The van der Waals surface area contributed by atoms with E-state index in [0.29, 0.717) is 0 Å². The van der Waals surface area contributed by atoms with Gasteiger partial charge in [-0.2, -0.15) is 4.58 Å². The van der Waals surface area contributed by atoms with Gasteiger partial charge in [0.25, 0.3) is 0 Å². The lowest BCUT2D eigenvalue weighted by Crippen LogP contribution is -2.28. The van der Waals surface area contributed by atoms with Gasteiger partial charge in [0.2, 0.25) is 5.69 Å². The van der Waals surface area contributed by atoms with Crippen LogP contribution in [0.2, 0.25) is 0 Å². The first-order valence-corrected chi connectivity index (χ1v) is 17.0. The number of hydrogen-bond donors (Lipinski definition) is 0. The SMILES string of the molecule is CCCN1/C(=C/C=C2\CCCC(/C=C/C3=[N+](CCC)c4ccc(Br)cc4C3(C)C)=C2Cl)C(C)(C)c2cc(Br)ccc21. The van der Waals surface area contributed by atoms with E-state index in [-0.39, 0.29) is 10.8 Å². The summed E-state index contributed by atoms with van der Waals surface area (Å²) in [5.41, 5.74) is 10.4. The Balaban J connectivity index is 1.50. The van der Waals surface area contributed by atoms with Crippen LogP contribution in [0.25, 0.3) is 0 Å². The number of hydrogen-bond acceptors (Lipinski definition) is 1. The number of rotatable bonds is 7. The normalized spacial score (nSPS) is 21.5. The molecule has 2 aromatic rings. The molecule has 2 aromatic carbocycles. The van der Waals surface area contributed by atoms with E-state index in [1.165, 1.54) is 45.1 Å². The Bertz CT molecular complexity index is 1520. The van der Waals surface area contributed by atoms with Crippen LogP contribution in [0.15, 0.2) is 91.5 Å². The number of halogens is 3. The van der Waals surface area contributed by atoms with Crippen molar-refractivity contribution in [3.05, 3.63) is 103 Å². The van der Waals surface area contributed by atoms with E-state index in [0.717, 1.165) is 59.2 Å². The van der Waals surface area contributed by atoms with Crippen LogP contribution in [0.5, 0.6) is 0 Å². The van der Waals surface area contributed by atoms with Crippen molar-refractivity contribution in [2.75, 3.05) is 18.0 Å². The van der Waals surface area contributed by atoms with E-state index in [1.807, 2.05) is 0 Å². The largest absolute Gasteiger partial charge is 0.344 e. The lowest BCUT2D eigenvalue weighted by atomic mass is 9.81. The average Bonchev–Trinajstić information content (AvgIpc) is 3.26. The Hall–Kier alpha value is -1.88. The van der Waals surface area contributed by atoms with Crippen LogP contribution in [0.3, 0.4) is 0 Å². The number of anilines is 1. The highest BCUT2D eigenvalue weighted by Gasteiger charge is 2.44. The Morgan fingerprint density at radius 2 is 1.59 bits per heavy atom. The number of allylic oxidation sites excluding steroid dienone is 8. The quantitative estimate of drug-likeness (QED) is 0.261. The molecule has 0 bridgehead atoms. The Kier molecular flexibility index (Phi) is 8.96. The second-order valence-electron chi connectivity index (χ2n) is 12.5. The van der Waals surface area contributed by atoms with Gasteiger partial charge >= 0.3 is 0 Å². The zero-order valence-corrected chi connectivity index (χ0v) is 29.2. The Morgan fingerprint density at radius 3 is 2.29 bits per heavy atom. The van der Waals surface area contributed by atoms with Crippen molar-refractivity contribution in [2.45, 2.75) is 84.5 Å². The summed E-state index contributed by atoms with van der Waals surface area (Å²) in [6.45, 7) is 15.9. The third-order valence-electron chi connectivity index (χ3n) is 8.94. The summed E-state index contributed by atoms with van der Waals surface area (Å²) < 4.78 is 4.76. The van der Waals surface area contributed by atoms with Crippen molar-refractivity contribution in [1.82, 2.24) is 0 Å². The molecule has 0 radical (unpaired) electrons. The van der Waals surface area contributed by atoms with E-state index in [2.05, 4.69) is 144 Å². The molecule has 0 atom stereocenters. The molecular weight excluding hydrogens is 656 g/mol. The van der Waals surface area contributed by atoms with Crippen LogP contribution >= 0.6 is 43.5 Å². The number of fused-ring (bicyclic) bond motifs is 2. The number of benzene rings is 2. The molecule has 5 rings (SSSR count). The van der Waals surface area contributed by atoms with E-state index in [1.54, 1.807) is 0 Å². The molecular formula is C36H42Br2ClN2+. The van der Waals surface area contributed by atoms with Crippen LogP contribution in [0.4, 0.5) is 11.4 Å². The third-order valence-corrected chi connectivity index (χ3v) is 10.4. The van der Waals surface area contributed by atoms with Gasteiger partial charge in [0.1, 0.15) is 6.54 Å². The molecule has 3 aliphatic rings. The minimum Gasteiger partial charge on any atom is -0.344 e. The van der Waals surface area contributed by atoms with Crippen molar-refractivity contribution < 1.29 is 4.58 Å². The summed E-state index contributed by atoms with van der Waals surface area (Å²) in [7, 11) is 0. The number of nitrogens with zero attached hydrogens (tertiary/aromatic N) is 2. The summed E-state index contributed by atoms with van der Waals surface area (Å²) in [4.78, 5) is 2.50. The summed E-state index contributed by atoms with van der Waals surface area (Å²) in [6, 6.07) is 13.4. The second-order valence-corrected chi connectivity index (χ2v) is 14.7. The fourth-order valence-corrected chi connectivity index (χ4v) is 7.83. The molecule has 5 heteroatoms. The van der Waals surface area contributed by atoms with Gasteiger partial charge in [-0.1, -0.05) is 83.3 Å². The van der Waals surface area contributed by atoms with Crippen molar-refractivity contribution >= 4 is 60.5 Å². The molecule has 0 saturated heterocycles. The van der Waals surface area contributed by atoms with Crippen molar-refractivity contribution in [2.24, 2.45) is 0 Å². The molecule has 2 heterocycles. The fourth-order valence-electron chi connectivity index (χ4n) is 6.79. The maximum Gasteiger partial charge on any atom is 0.209 e. The van der Waals surface area contributed by atoms with Gasteiger partial charge in [0, 0.05) is 61.4 Å².